The first-order valence-corrected chi connectivity index (χ1v) is 22.9. The average Bonchev–Trinajstić information content (AvgIpc) is 3.93. The van der Waals surface area contributed by atoms with Crippen LogP contribution < -0.4 is 15.2 Å². The number of fused-ring (bicyclic) bond motifs is 1. The number of methoxy groups -OCH3 is 2. The molecule has 0 spiro atoms. The first-order chi connectivity index (χ1) is 32.1. The Kier molecular flexibility index (Phi) is 15.9. The van der Waals surface area contributed by atoms with Crippen LogP contribution in [0.4, 0.5) is 5.82 Å². The SMILES string of the molecule is C=CCO[C@@H]1[C@H](OP(OCCC#N)N(C(C)C)C(C)C)[C@@H](C(OC(c2ccccc2)(c2ccc(OC)cc2)c2ccc(OC)cc2)C(=O)c2ccccc2)O[C@H]1n1cnc2c(N)ncnc21. The molecule has 0 saturated carbocycles. The highest BCUT2D eigenvalue weighted by Crippen LogP contribution is 2.53. The number of nitrogens with two attached hydrogens (primary N) is 1. The minimum Gasteiger partial charge on any atom is -0.497 e. The van der Waals surface area contributed by atoms with E-state index in [0.717, 1.165) is 5.56 Å². The number of ether oxygens (including phenoxy) is 5. The largest absolute Gasteiger partial charge is 0.497 e. The van der Waals surface area contributed by atoms with E-state index in [1.165, 1.54) is 6.33 Å². The number of nitriles is 1. The second kappa shape index (κ2) is 21.9. The monoisotopic (exact) mass is 913 g/mol. The molecule has 1 saturated heterocycles. The normalized spacial score (nSPS) is 18.4. The number of Topliss-reactive ketones (excluding diaryl/α,β-unsaturated/α-hetero) is 1. The molecule has 3 heterocycles. The van der Waals surface area contributed by atoms with Gasteiger partial charge in [0.05, 0.1) is 46.3 Å². The van der Waals surface area contributed by atoms with Crippen LogP contribution in [0.5, 0.6) is 11.5 Å². The molecule has 0 radical (unpaired) electrons. The molecule has 0 bridgehead atoms. The molecule has 1 fully saturated rings. The van der Waals surface area contributed by atoms with Crippen molar-refractivity contribution in [1.29, 1.82) is 5.26 Å². The third-order valence-corrected chi connectivity index (χ3v) is 13.4. The number of benzene rings is 4. The fourth-order valence-corrected chi connectivity index (χ4v) is 10.1. The van der Waals surface area contributed by atoms with Gasteiger partial charge in [0.1, 0.15) is 47.3 Å². The van der Waals surface area contributed by atoms with E-state index in [9.17, 15) is 5.26 Å². The van der Waals surface area contributed by atoms with E-state index in [2.05, 4.69) is 32.3 Å². The fraction of sp³-hybridized carbons (Fsp3) is 0.340. The highest BCUT2D eigenvalue weighted by Gasteiger charge is 2.57. The number of rotatable bonds is 22. The van der Waals surface area contributed by atoms with E-state index < -0.39 is 44.8 Å². The predicted molar refractivity (Wildman–Crippen MR) is 252 cm³/mol. The molecule has 6 atom stereocenters. The number of anilines is 1. The van der Waals surface area contributed by atoms with Crippen LogP contribution in [0.1, 0.15) is 67.4 Å². The Morgan fingerprint density at radius 1 is 0.879 bits per heavy atom. The van der Waals surface area contributed by atoms with Gasteiger partial charge in [0.15, 0.2) is 29.6 Å². The van der Waals surface area contributed by atoms with Gasteiger partial charge in [-0.1, -0.05) is 91.0 Å². The summed E-state index contributed by atoms with van der Waals surface area (Å²) >= 11 is 0. The van der Waals surface area contributed by atoms with Crippen molar-refractivity contribution in [3.05, 3.63) is 157 Å². The summed E-state index contributed by atoms with van der Waals surface area (Å²) in [5, 5.41) is 9.62. The van der Waals surface area contributed by atoms with Crippen molar-refractivity contribution >= 4 is 31.3 Å². The third kappa shape index (κ3) is 10.0. The predicted octanol–water partition coefficient (Wildman–Crippen LogP) is 8.82. The van der Waals surface area contributed by atoms with Gasteiger partial charge in [-0.25, -0.2) is 19.6 Å². The summed E-state index contributed by atoms with van der Waals surface area (Å²) < 4.78 is 50.6. The standard InChI is InChI=1S/C50H56N7O8P/c1-8-29-61-46-45(65-66(62-30-15-28-51)57(33(2)3)34(4)5)44(63-49(46)56-32-55-41-47(52)53-31-54-48(41)56)43(42(58)35-16-11-9-12-17-35)64-50(36-18-13-10-14-19-36,37-20-24-39(59-6)25-21-37)38-22-26-40(60-7)27-23-38/h8-14,16-27,31-34,43-46,49H,1,15,29-30H2,2-7H3,(H2,52,53,54)/t43?,44-,45-,46-,49-,66?/m1/s1. The molecular weight excluding hydrogens is 858 g/mol. The van der Waals surface area contributed by atoms with E-state index in [0.29, 0.717) is 39.4 Å². The Bertz CT molecular complexity index is 2500. The van der Waals surface area contributed by atoms with E-state index in [-0.39, 0.29) is 43.3 Å². The highest BCUT2D eigenvalue weighted by molar-refractivity contribution is 7.44. The van der Waals surface area contributed by atoms with Crippen molar-refractivity contribution in [2.24, 2.45) is 0 Å². The number of carbonyl (C=O) groups excluding carboxylic acids is 1. The van der Waals surface area contributed by atoms with E-state index in [1.807, 2.05) is 113 Å². The lowest BCUT2D eigenvalue weighted by molar-refractivity contribution is -0.125. The number of nitrogens with zero attached hydrogens (tertiary/aromatic N) is 6. The van der Waals surface area contributed by atoms with Crippen molar-refractivity contribution in [2.45, 2.75) is 82.4 Å². The van der Waals surface area contributed by atoms with Gasteiger partial charge in [0, 0.05) is 17.6 Å². The molecule has 15 nitrogen and oxygen atoms in total. The van der Waals surface area contributed by atoms with Gasteiger partial charge >= 0.3 is 0 Å². The summed E-state index contributed by atoms with van der Waals surface area (Å²) in [6.45, 7) is 12.3. The Hall–Kier alpha value is -6.08. The van der Waals surface area contributed by atoms with Crippen molar-refractivity contribution in [1.82, 2.24) is 24.2 Å². The quantitative estimate of drug-likeness (QED) is 0.0225. The van der Waals surface area contributed by atoms with Gasteiger partial charge in [-0.3, -0.25) is 9.36 Å². The second-order valence-electron chi connectivity index (χ2n) is 16.1. The maximum Gasteiger partial charge on any atom is 0.259 e. The summed E-state index contributed by atoms with van der Waals surface area (Å²) in [5.41, 5.74) is 8.03. The smallest absolute Gasteiger partial charge is 0.259 e. The summed E-state index contributed by atoms with van der Waals surface area (Å²) in [4.78, 5) is 29.1. The first-order valence-electron chi connectivity index (χ1n) is 21.7. The van der Waals surface area contributed by atoms with Gasteiger partial charge in [0.25, 0.3) is 8.53 Å². The number of carbonyl (C=O) groups is 1. The average molecular weight is 914 g/mol. The molecular formula is C50H56N7O8P. The van der Waals surface area contributed by atoms with Crippen LogP contribution in [0, 0.1) is 11.3 Å². The summed E-state index contributed by atoms with van der Waals surface area (Å²) in [6, 6.07) is 35.9. The highest BCUT2D eigenvalue weighted by atomic mass is 31.2. The molecule has 0 amide bonds. The van der Waals surface area contributed by atoms with Crippen LogP contribution in [-0.4, -0.2) is 93.9 Å². The van der Waals surface area contributed by atoms with Gasteiger partial charge in [-0.05, 0) is 68.7 Å². The second-order valence-corrected chi connectivity index (χ2v) is 17.5. The number of hydrogen-bond acceptors (Lipinski definition) is 14. The number of imidazole rings is 1. The van der Waals surface area contributed by atoms with E-state index >= 15 is 4.79 Å². The zero-order chi connectivity index (χ0) is 46.8. The van der Waals surface area contributed by atoms with Crippen LogP contribution in [0.2, 0.25) is 0 Å². The summed E-state index contributed by atoms with van der Waals surface area (Å²) in [5.74, 6) is 1.05. The molecule has 0 aliphatic carbocycles. The molecule has 1 aliphatic heterocycles. The molecule has 2 unspecified atom stereocenters. The topological polar surface area (TPSA) is 178 Å². The molecule has 7 rings (SSSR count). The first kappa shape index (κ1) is 47.9. The van der Waals surface area contributed by atoms with Crippen LogP contribution in [0.3, 0.4) is 0 Å². The maximum absolute atomic E-state index is 15.8. The maximum atomic E-state index is 15.8. The van der Waals surface area contributed by atoms with Crippen molar-refractivity contribution in [2.75, 3.05) is 33.2 Å². The molecule has 2 aromatic heterocycles. The molecule has 344 valence electrons. The molecule has 1 aliphatic rings. The molecule has 16 heteroatoms. The van der Waals surface area contributed by atoms with E-state index in [1.54, 1.807) is 55.5 Å². The van der Waals surface area contributed by atoms with Crippen molar-refractivity contribution in [3.63, 3.8) is 0 Å². The van der Waals surface area contributed by atoms with Gasteiger partial charge in [0.2, 0.25) is 0 Å². The third-order valence-electron chi connectivity index (χ3n) is 11.3. The lowest BCUT2D eigenvalue weighted by atomic mass is 9.79. The summed E-state index contributed by atoms with van der Waals surface area (Å²) in [6.07, 6.45) is -1.06. The Morgan fingerprint density at radius 2 is 1.47 bits per heavy atom. The zero-order valence-corrected chi connectivity index (χ0v) is 38.9. The minimum absolute atomic E-state index is 0.0616. The van der Waals surface area contributed by atoms with Crippen molar-refractivity contribution < 1.29 is 37.5 Å². The minimum atomic E-state index is -1.95. The van der Waals surface area contributed by atoms with Gasteiger partial charge in [-0.2, -0.15) is 5.26 Å². The van der Waals surface area contributed by atoms with E-state index in [4.69, 9.17) is 38.5 Å². The Morgan fingerprint density at radius 3 is 2.03 bits per heavy atom. The van der Waals surface area contributed by atoms with Crippen LogP contribution in [-0.2, 0) is 28.9 Å². The summed E-state index contributed by atoms with van der Waals surface area (Å²) in [7, 11) is 1.26. The lowest BCUT2D eigenvalue weighted by Crippen LogP contribution is -2.51. The van der Waals surface area contributed by atoms with Crippen LogP contribution >= 0.6 is 8.53 Å². The van der Waals surface area contributed by atoms with Gasteiger partial charge in [-0.15, -0.1) is 6.58 Å². The Labute approximate surface area is 387 Å². The molecule has 4 aromatic carbocycles. The van der Waals surface area contributed by atoms with Crippen LogP contribution in [0.15, 0.2) is 135 Å². The Balaban J connectivity index is 1.51. The number of aromatic nitrogens is 4. The lowest BCUT2D eigenvalue weighted by Gasteiger charge is -2.42. The fourth-order valence-electron chi connectivity index (χ4n) is 8.32. The zero-order valence-electron chi connectivity index (χ0n) is 38.0. The van der Waals surface area contributed by atoms with Gasteiger partial charge < -0.3 is 38.5 Å². The number of ketones is 1. The van der Waals surface area contributed by atoms with Crippen molar-refractivity contribution in [3.8, 4) is 17.6 Å². The number of hydrogen-bond donors (Lipinski definition) is 1. The van der Waals surface area contributed by atoms with Crippen LogP contribution in [0.25, 0.3) is 11.2 Å². The molecule has 6 aromatic rings. The molecule has 66 heavy (non-hydrogen) atoms. The molecule has 2 N–H and O–H groups in total. The number of nitrogen functional groups attached to an aromatic ring is 1.